The number of rotatable bonds is 2. The van der Waals surface area contributed by atoms with Crippen LogP contribution in [-0.4, -0.2) is 11.2 Å². The van der Waals surface area contributed by atoms with Gasteiger partial charge in [-0.1, -0.05) is 6.07 Å². The van der Waals surface area contributed by atoms with Crippen LogP contribution in [0.2, 0.25) is 0 Å². The zero-order valence-electron chi connectivity index (χ0n) is 6.93. The average molecular weight is 207 g/mol. The van der Waals surface area contributed by atoms with Gasteiger partial charge in [0.15, 0.2) is 0 Å². The second-order valence-corrected chi connectivity index (χ2v) is 3.35. The molecule has 13 heavy (non-hydrogen) atoms. The van der Waals surface area contributed by atoms with E-state index in [1.165, 1.54) is 12.3 Å². The van der Waals surface area contributed by atoms with Crippen LogP contribution in [0.5, 0.6) is 0 Å². The molecule has 1 heterocycles. The predicted molar refractivity (Wildman–Crippen MR) is 46.5 cm³/mol. The van der Waals surface area contributed by atoms with Gasteiger partial charge in [-0.3, -0.25) is 4.98 Å². The molecule has 1 aromatic heterocycles. The molecule has 0 radical (unpaired) electrons. The molecule has 0 N–H and O–H groups in total. The van der Waals surface area contributed by atoms with Crippen LogP contribution >= 0.6 is 11.8 Å². The van der Waals surface area contributed by atoms with Crippen molar-refractivity contribution in [3.63, 3.8) is 0 Å². The zero-order valence-corrected chi connectivity index (χ0v) is 7.75. The van der Waals surface area contributed by atoms with E-state index in [2.05, 4.69) is 4.98 Å². The average Bonchev–Trinajstić information content (AvgIpc) is 2.04. The number of thioether (sulfide) groups is 1. The standard InChI is InChI=1S/C8H8F3NS/c1-13-5-6-2-3-7(12-4-6)8(9,10)11/h2-4H,5H2,1H3. The third-order valence-corrected chi connectivity index (χ3v) is 2.05. The molecule has 0 bridgehead atoms. The van der Waals surface area contributed by atoms with E-state index in [1.807, 2.05) is 6.26 Å². The van der Waals surface area contributed by atoms with E-state index < -0.39 is 11.9 Å². The SMILES string of the molecule is CSCc1ccc(C(F)(F)F)nc1. The lowest BCUT2D eigenvalue weighted by molar-refractivity contribution is -0.141. The lowest BCUT2D eigenvalue weighted by atomic mass is 10.3. The minimum absolute atomic E-state index is 0.686. The molecule has 1 rings (SSSR count). The lowest BCUT2D eigenvalue weighted by Crippen LogP contribution is -2.07. The predicted octanol–water partition coefficient (Wildman–Crippen LogP) is 2.96. The van der Waals surface area contributed by atoms with Crippen molar-refractivity contribution in [1.29, 1.82) is 0 Å². The summed E-state index contributed by atoms with van der Waals surface area (Å²) in [6, 6.07) is 2.46. The van der Waals surface area contributed by atoms with Gasteiger partial charge in [-0.2, -0.15) is 24.9 Å². The molecule has 0 saturated heterocycles. The van der Waals surface area contributed by atoms with E-state index in [0.717, 1.165) is 11.6 Å². The number of alkyl halides is 3. The van der Waals surface area contributed by atoms with Crippen LogP contribution in [-0.2, 0) is 11.9 Å². The minimum atomic E-state index is -4.34. The third kappa shape index (κ3) is 2.91. The highest BCUT2D eigenvalue weighted by Gasteiger charge is 2.31. The van der Waals surface area contributed by atoms with Crippen LogP contribution in [0, 0.1) is 0 Å². The molecule has 1 aromatic rings. The van der Waals surface area contributed by atoms with E-state index in [-0.39, 0.29) is 0 Å². The fraction of sp³-hybridized carbons (Fsp3) is 0.375. The van der Waals surface area contributed by atoms with Crippen LogP contribution in [0.15, 0.2) is 18.3 Å². The summed E-state index contributed by atoms with van der Waals surface area (Å²) < 4.78 is 36.1. The van der Waals surface area contributed by atoms with Crippen molar-refractivity contribution in [2.24, 2.45) is 0 Å². The van der Waals surface area contributed by atoms with Crippen molar-refractivity contribution in [3.8, 4) is 0 Å². The van der Waals surface area contributed by atoms with Gasteiger partial charge in [0.2, 0.25) is 0 Å². The van der Waals surface area contributed by atoms with Gasteiger partial charge in [0, 0.05) is 11.9 Å². The lowest BCUT2D eigenvalue weighted by Gasteiger charge is -2.05. The minimum Gasteiger partial charge on any atom is -0.251 e. The second kappa shape index (κ2) is 4.00. The van der Waals surface area contributed by atoms with Gasteiger partial charge < -0.3 is 0 Å². The quantitative estimate of drug-likeness (QED) is 0.739. The maximum absolute atomic E-state index is 12.0. The normalized spacial score (nSPS) is 11.7. The van der Waals surface area contributed by atoms with E-state index in [0.29, 0.717) is 5.75 Å². The molecule has 5 heteroatoms. The number of hydrogen-bond acceptors (Lipinski definition) is 2. The molecule has 0 unspecified atom stereocenters. The van der Waals surface area contributed by atoms with Crippen LogP contribution in [0.4, 0.5) is 13.2 Å². The van der Waals surface area contributed by atoms with E-state index in [4.69, 9.17) is 0 Å². The first-order valence-electron chi connectivity index (χ1n) is 3.55. The summed E-state index contributed by atoms with van der Waals surface area (Å²) in [5, 5.41) is 0. The van der Waals surface area contributed by atoms with Gasteiger partial charge in [0.05, 0.1) is 0 Å². The summed E-state index contributed by atoms with van der Waals surface area (Å²) in [7, 11) is 0. The summed E-state index contributed by atoms with van der Waals surface area (Å²) in [5.41, 5.74) is -0.0298. The molecule has 0 amide bonds. The highest BCUT2D eigenvalue weighted by Crippen LogP contribution is 2.27. The van der Waals surface area contributed by atoms with Crippen molar-refractivity contribution in [2.45, 2.75) is 11.9 Å². The fourth-order valence-electron chi connectivity index (χ4n) is 0.844. The molecule has 0 atom stereocenters. The Hall–Kier alpha value is -0.710. The Kier molecular flexibility index (Phi) is 3.19. The summed E-state index contributed by atoms with van der Waals surface area (Å²) in [6.07, 6.45) is -1.19. The number of pyridine rings is 1. The Morgan fingerprint density at radius 2 is 2.08 bits per heavy atom. The van der Waals surface area contributed by atoms with Crippen LogP contribution < -0.4 is 0 Å². The Morgan fingerprint density at radius 1 is 1.38 bits per heavy atom. The van der Waals surface area contributed by atoms with E-state index >= 15 is 0 Å². The smallest absolute Gasteiger partial charge is 0.251 e. The van der Waals surface area contributed by atoms with Gasteiger partial charge in [-0.15, -0.1) is 0 Å². The monoisotopic (exact) mass is 207 g/mol. The zero-order chi connectivity index (χ0) is 9.90. The number of nitrogens with zero attached hydrogens (tertiary/aromatic N) is 1. The first kappa shape index (κ1) is 10.4. The summed E-state index contributed by atoms with van der Waals surface area (Å²) >= 11 is 1.55. The molecule has 1 nitrogen and oxygen atoms in total. The number of halogens is 3. The van der Waals surface area contributed by atoms with Crippen LogP contribution in [0.3, 0.4) is 0 Å². The van der Waals surface area contributed by atoms with Crippen LogP contribution in [0.25, 0.3) is 0 Å². The highest BCUT2D eigenvalue weighted by molar-refractivity contribution is 7.97. The molecule has 0 aliphatic rings. The van der Waals surface area contributed by atoms with Gasteiger partial charge in [0.1, 0.15) is 5.69 Å². The molecule has 0 aromatic carbocycles. The molecule has 72 valence electrons. The van der Waals surface area contributed by atoms with Gasteiger partial charge in [0.25, 0.3) is 0 Å². The largest absolute Gasteiger partial charge is 0.433 e. The summed E-state index contributed by atoms with van der Waals surface area (Å²) in [6.45, 7) is 0. The molecule has 0 spiro atoms. The number of hydrogen-bond donors (Lipinski definition) is 0. The van der Waals surface area contributed by atoms with Crippen molar-refractivity contribution in [2.75, 3.05) is 6.26 Å². The molecular weight excluding hydrogens is 199 g/mol. The fourth-order valence-corrected chi connectivity index (χ4v) is 1.35. The van der Waals surface area contributed by atoms with Crippen molar-refractivity contribution in [3.05, 3.63) is 29.6 Å². The van der Waals surface area contributed by atoms with Crippen molar-refractivity contribution < 1.29 is 13.2 Å². The van der Waals surface area contributed by atoms with Gasteiger partial charge >= 0.3 is 6.18 Å². The van der Waals surface area contributed by atoms with Gasteiger partial charge in [-0.05, 0) is 17.9 Å². The molecule has 0 fully saturated rings. The molecule has 0 saturated carbocycles. The van der Waals surface area contributed by atoms with Crippen LogP contribution in [0.1, 0.15) is 11.3 Å². The van der Waals surface area contributed by atoms with Crippen molar-refractivity contribution >= 4 is 11.8 Å². The first-order valence-corrected chi connectivity index (χ1v) is 4.94. The summed E-state index contributed by atoms with van der Waals surface area (Å²) in [4.78, 5) is 3.33. The highest BCUT2D eigenvalue weighted by atomic mass is 32.2. The van der Waals surface area contributed by atoms with E-state index in [9.17, 15) is 13.2 Å². The molecule has 0 aliphatic heterocycles. The Morgan fingerprint density at radius 3 is 2.46 bits per heavy atom. The third-order valence-electron chi connectivity index (χ3n) is 1.43. The Balaban J connectivity index is 2.81. The van der Waals surface area contributed by atoms with Gasteiger partial charge in [-0.25, -0.2) is 0 Å². The second-order valence-electron chi connectivity index (χ2n) is 2.48. The molecule has 0 aliphatic carbocycles. The maximum Gasteiger partial charge on any atom is 0.433 e. The molecular formula is C8H8F3NS. The Bertz CT molecular complexity index is 268. The maximum atomic E-state index is 12.0. The van der Waals surface area contributed by atoms with E-state index in [1.54, 1.807) is 11.8 Å². The number of aromatic nitrogens is 1. The summed E-state index contributed by atoms with van der Waals surface area (Å²) in [5.74, 6) is 0.686. The topological polar surface area (TPSA) is 12.9 Å². The Labute approximate surface area is 78.4 Å². The first-order chi connectivity index (χ1) is 6.04. The van der Waals surface area contributed by atoms with Crippen molar-refractivity contribution in [1.82, 2.24) is 4.98 Å².